The molecular formula is C13H19Br. The summed E-state index contributed by atoms with van der Waals surface area (Å²) in [4.78, 5) is 0. The van der Waals surface area contributed by atoms with Crippen LogP contribution >= 0.6 is 15.9 Å². The van der Waals surface area contributed by atoms with Crippen molar-refractivity contribution in [3.8, 4) is 0 Å². The Balaban J connectivity index is 3.13. The fourth-order valence-corrected chi connectivity index (χ4v) is 2.30. The monoisotopic (exact) mass is 254 g/mol. The molecule has 0 unspecified atom stereocenters. The Labute approximate surface area is 95.9 Å². The van der Waals surface area contributed by atoms with Crippen LogP contribution in [-0.4, -0.2) is 0 Å². The second-order valence-electron chi connectivity index (χ2n) is 5.14. The molecule has 0 saturated heterocycles. The summed E-state index contributed by atoms with van der Waals surface area (Å²) in [6, 6.07) is 6.71. The number of hydrogen-bond donors (Lipinski definition) is 0. The first kappa shape index (κ1) is 11.8. The quantitative estimate of drug-likeness (QED) is 0.671. The third-order valence-corrected chi connectivity index (χ3v) is 3.18. The van der Waals surface area contributed by atoms with Crippen LogP contribution in [0.3, 0.4) is 0 Å². The Morgan fingerprint density at radius 3 is 2.07 bits per heavy atom. The van der Waals surface area contributed by atoms with E-state index in [1.165, 1.54) is 15.6 Å². The molecule has 0 aromatic heterocycles. The van der Waals surface area contributed by atoms with E-state index in [0.29, 0.717) is 5.92 Å². The lowest BCUT2D eigenvalue weighted by Crippen LogP contribution is -2.11. The predicted molar refractivity (Wildman–Crippen MR) is 66.9 cm³/mol. The van der Waals surface area contributed by atoms with E-state index >= 15 is 0 Å². The van der Waals surface area contributed by atoms with Crippen LogP contribution in [0.25, 0.3) is 0 Å². The summed E-state index contributed by atoms with van der Waals surface area (Å²) in [6.07, 6.45) is 0. The first-order chi connectivity index (χ1) is 6.32. The summed E-state index contributed by atoms with van der Waals surface area (Å²) in [6.45, 7) is 11.2. The third-order valence-electron chi connectivity index (χ3n) is 2.49. The zero-order valence-electron chi connectivity index (χ0n) is 9.69. The molecule has 0 aliphatic carbocycles. The second-order valence-corrected chi connectivity index (χ2v) is 6.00. The van der Waals surface area contributed by atoms with Gasteiger partial charge in [-0.2, -0.15) is 0 Å². The van der Waals surface area contributed by atoms with Crippen molar-refractivity contribution < 1.29 is 0 Å². The minimum Gasteiger partial charge on any atom is -0.0586 e. The summed E-state index contributed by atoms with van der Waals surface area (Å²) in [5.74, 6) is 0.582. The normalized spacial score (nSPS) is 12.2. The van der Waals surface area contributed by atoms with Gasteiger partial charge in [0.05, 0.1) is 0 Å². The average Bonchev–Trinajstić information content (AvgIpc) is 2.01. The van der Waals surface area contributed by atoms with Crippen molar-refractivity contribution >= 4 is 15.9 Å². The standard InChI is InChI=1S/C13H19Br/c1-9(2)11-7-6-10(8-12(11)14)13(3,4)5/h6-9H,1-5H3. The fraction of sp³-hybridized carbons (Fsp3) is 0.538. The largest absolute Gasteiger partial charge is 0.0586 e. The van der Waals surface area contributed by atoms with Crippen LogP contribution < -0.4 is 0 Å². The van der Waals surface area contributed by atoms with E-state index in [2.05, 4.69) is 68.7 Å². The van der Waals surface area contributed by atoms with Crippen LogP contribution in [0.15, 0.2) is 22.7 Å². The number of hydrogen-bond acceptors (Lipinski definition) is 0. The van der Waals surface area contributed by atoms with Gasteiger partial charge in [-0.25, -0.2) is 0 Å². The van der Waals surface area contributed by atoms with Crippen LogP contribution in [0.4, 0.5) is 0 Å². The average molecular weight is 255 g/mol. The van der Waals surface area contributed by atoms with Crippen molar-refractivity contribution in [2.45, 2.75) is 46.0 Å². The van der Waals surface area contributed by atoms with Crippen molar-refractivity contribution in [1.82, 2.24) is 0 Å². The molecule has 1 aromatic rings. The highest BCUT2D eigenvalue weighted by Crippen LogP contribution is 2.30. The highest BCUT2D eigenvalue weighted by molar-refractivity contribution is 9.10. The molecule has 0 saturated carbocycles. The lowest BCUT2D eigenvalue weighted by molar-refractivity contribution is 0.589. The van der Waals surface area contributed by atoms with Gasteiger partial charge >= 0.3 is 0 Å². The van der Waals surface area contributed by atoms with Crippen molar-refractivity contribution in [2.24, 2.45) is 0 Å². The van der Waals surface area contributed by atoms with Crippen molar-refractivity contribution in [3.63, 3.8) is 0 Å². The van der Waals surface area contributed by atoms with Crippen LogP contribution in [-0.2, 0) is 5.41 Å². The molecule has 0 radical (unpaired) electrons. The van der Waals surface area contributed by atoms with Gasteiger partial charge in [0, 0.05) is 4.47 Å². The van der Waals surface area contributed by atoms with Gasteiger partial charge in [-0.15, -0.1) is 0 Å². The fourth-order valence-electron chi connectivity index (χ4n) is 1.46. The molecule has 0 nitrogen and oxygen atoms in total. The first-order valence-electron chi connectivity index (χ1n) is 5.12. The summed E-state index contributed by atoms with van der Waals surface area (Å²) in [7, 11) is 0. The van der Waals surface area contributed by atoms with Crippen molar-refractivity contribution in [1.29, 1.82) is 0 Å². The van der Waals surface area contributed by atoms with Gasteiger partial charge in [0.25, 0.3) is 0 Å². The molecule has 1 rings (SSSR count). The molecule has 0 fully saturated rings. The minimum atomic E-state index is 0.234. The number of benzene rings is 1. The Morgan fingerprint density at radius 2 is 1.71 bits per heavy atom. The third kappa shape index (κ3) is 2.60. The highest BCUT2D eigenvalue weighted by atomic mass is 79.9. The lowest BCUT2D eigenvalue weighted by atomic mass is 9.86. The van der Waals surface area contributed by atoms with E-state index in [9.17, 15) is 0 Å². The molecule has 0 spiro atoms. The number of halogens is 1. The molecule has 0 N–H and O–H groups in total. The molecule has 78 valence electrons. The first-order valence-corrected chi connectivity index (χ1v) is 5.91. The van der Waals surface area contributed by atoms with Crippen LogP contribution in [0, 0.1) is 0 Å². The molecule has 0 amide bonds. The maximum Gasteiger partial charge on any atom is 0.0212 e. The van der Waals surface area contributed by atoms with Gasteiger partial charge in [-0.3, -0.25) is 0 Å². The zero-order chi connectivity index (χ0) is 10.9. The van der Waals surface area contributed by atoms with Gasteiger partial charge in [-0.1, -0.05) is 62.7 Å². The van der Waals surface area contributed by atoms with E-state index in [1.54, 1.807) is 0 Å². The van der Waals surface area contributed by atoms with Crippen molar-refractivity contribution in [2.75, 3.05) is 0 Å². The molecule has 1 heteroatoms. The van der Waals surface area contributed by atoms with Crippen LogP contribution in [0.1, 0.15) is 51.7 Å². The zero-order valence-corrected chi connectivity index (χ0v) is 11.3. The molecule has 0 bridgehead atoms. The summed E-state index contributed by atoms with van der Waals surface area (Å²) in [5.41, 5.74) is 3.00. The summed E-state index contributed by atoms with van der Waals surface area (Å²) >= 11 is 3.64. The SMILES string of the molecule is CC(C)c1ccc(C(C)(C)C)cc1Br. The highest BCUT2D eigenvalue weighted by Gasteiger charge is 2.15. The summed E-state index contributed by atoms with van der Waals surface area (Å²) in [5, 5.41) is 0. The molecule has 0 heterocycles. The second kappa shape index (κ2) is 4.06. The van der Waals surface area contributed by atoms with E-state index in [-0.39, 0.29) is 5.41 Å². The Hall–Kier alpha value is -0.300. The predicted octanol–water partition coefficient (Wildman–Crippen LogP) is 4.87. The van der Waals surface area contributed by atoms with E-state index in [1.807, 2.05) is 0 Å². The van der Waals surface area contributed by atoms with Gasteiger partial charge in [0.15, 0.2) is 0 Å². The van der Waals surface area contributed by atoms with E-state index < -0.39 is 0 Å². The molecule has 0 aliphatic heterocycles. The van der Waals surface area contributed by atoms with Gasteiger partial charge in [0.1, 0.15) is 0 Å². The van der Waals surface area contributed by atoms with E-state index in [4.69, 9.17) is 0 Å². The maximum absolute atomic E-state index is 3.64. The lowest BCUT2D eigenvalue weighted by Gasteiger charge is -2.20. The summed E-state index contributed by atoms with van der Waals surface area (Å²) < 4.78 is 1.24. The molecule has 0 aliphatic rings. The van der Waals surface area contributed by atoms with Crippen molar-refractivity contribution in [3.05, 3.63) is 33.8 Å². The molecule has 14 heavy (non-hydrogen) atoms. The van der Waals surface area contributed by atoms with E-state index in [0.717, 1.165) is 0 Å². The molecule has 0 atom stereocenters. The Kier molecular flexibility index (Phi) is 3.41. The Bertz CT molecular complexity index is 318. The Morgan fingerprint density at radius 1 is 1.14 bits per heavy atom. The maximum atomic E-state index is 3.64. The van der Waals surface area contributed by atoms with Crippen LogP contribution in [0.2, 0.25) is 0 Å². The van der Waals surface area contributed by atoms with Gasteiger partial charge in [0.2, 0.25) is 0 Å². The minimum absolute atomic E-state index is 0.234. The van der Waals surface area contributed by atoms with Gasteiger partial charge in [-0.05, 0) is 28.5 Å². The molecule has 1 aromatic carbocycles. The number of rotatable bonds is 1. The topological polar surface area (TPSA) is 0 Å². The van der Waals surface area contributed by atoms with Gasteiger partial charge < -0.3 is 0 Å². The smallest absolute Gasteiger partial charge is 0.0212 e. The van der Waals surface area contributed by atoms with Crippen LogP contribution in [0.5, 0.6) is 0 Å². The molecular weight excluding hydrogens is 236 g/mol.